The summed E-state index contributed by atoms with van der Waals surface area (Å²) in [6.45, 7) is 2.47. The van der Waals surface area contributed by atoms with E-state index in [1.165, 1.54) is 0 Å². The number of para-hydroxylation sites is 1. The molecule has 0 bridgehead atoms. The summed E-state index contributed by atoms with van der Waals surface area (Å²) in [5.41, 5.74) is 2.94. The Balaban J connectivity index is 1.42. The number of nitrogens with one attached hydrogen (secondary N) is 2. The van der Waals surface area contributed by atoms with E-state index >= 15 is 0 Å². The minimum Gasteiger partial charge on any atom is -0.494 e. The van der Waals surface area contributed by atoms with Gasteiger partial charge in [-0.2, -0.15) is 0 Å². The molecule has 0 atom stereocenters. The van der Waals surface area contributed by atoms with Gasteiger partial charge in [-0.25, -0.2) is 4.98 Å². The van der Waals surface area contributed by atoms with Crippen LogP contribution in [0.1, 0.15) is 17.3 Å². The maximum absolute atomic E-state index is 12.4. The van der Waals surface area contributed by atoms with Gasteiger partial charge in [-0.3, -0.25) is 10.1 Å². The number of aromatic nitrogens is 1. The van der Waals surface area contributed by atoms with Crippen molar-refractivity contribution in [3.05, 3.63) is 77.3 Å². The lowest BCUT2D eigenvalue weighted by Gasteiger charge is -2.11. The zero-order chi connectivity index (χ0) is 21.8. The summed E-state index contributed by atoms with van der Waals surface area (Å²) >= 11 is 13.4. The minimum atomic E-state index is -0.308. The predicted octanol–water partition coefficient (Wildman–Crippen LogP) is 6.14. The molecule has 0 spiro atoms. The molecule has 8 heteroatoms. The van der Waals surface area contributed by atoms with Crippen molar-refractivity contribution in [2.75, 3.05) is 11.9 Å². The van der Waals surface area contributed by atoms with E-state index in [-0.39, 0.29) is 11.0 Å². The zero-order valence-corrected chi connectivity index (χ0v) is 18.9. The molecule has 156 valence electrons. The molecule has 1 heterocycles. The number of carbonyl (C=O) groups is 1. The van der Waals surface area contributed by atoms with Gasteiger partial charge in [0, 0.05) is 16.8 Å². The number of hydrogen-bond acceptors (Lipinski definition) is 5. The number of halogens is 1. The molecule has 0 fully saturated rings. The number of hydrogen-bond donors (Lipinski definition) is 2. The van der Waals surface area contributed by atoms with Crippen molar-refractivity contribution in [2.45, 2.75) is 6.92 Å². The Labute approximate surface area is 194 Å². The third kappa shape index (κ3) is 5.02. The Morgan fingerprint density at radius 3 is 2.61 bits per heavy atom. The summed E-state index contributed by atoms with van der Waals surface area (Å²) in [4.78, 5) is 17.0. The van der Waals surface area contributed by atoms with Crippen molar-refractivity contribution in [2.24, 2.45) is 0 Å². The van der Waals surface area contributed by atoms with Crippen LogP contribution in [0.5, 0.6) is 5.75 Å². The number of thiazole rings is 1. The minimum absolute atomic E-state index is 0.183. The molecular formula is C23H18ClN3O2S2. The van der Waals surface area contributed by atoms with E-state index in [2.05, 4.69) is 15.6 Å². The fraction of sp³-hybridized carbons (Fsp3) is 0.0870. The first kappa shape index (κ1) is 21.2. The first-order valence-corrected chi connectivity index (χ1v) is 11.1. The van der Waals surface area contributed by atoms with Crippen molar-refractivity contribution in [3.63, 3.8) is 0 Å². The van der Waals surface area contributed by atoms with Crippen LogP contribution in [0.4, 0.5) is 5.69 Å². The summed E-state index contributed by atoms with van der Waals surface area (Å²) in [6.07, 6.45) is 0. The van der Waals surface area contributed by atoms with Crippen LogP contribution in [0.15, 0.2) is 66.7 Å². The molecule has 0 aliphatic heterocycles. The topological polar surface area (TPSA) is 63.2 Å². The highest BCUT2D eigenvalue weighted by atomic mass is 35.5. The van der Waals surface area contributed by atoms with Crippen LogP contribution in [0.3, 0.4) is 0 Å². The van der Waals surface area contributed by atoms with E-state index in [9.17, 15) is 4.79 Å². The van der Waals surface area contributed by atoms with E-state index < -0.39 is 0 Å². The third-order valence-electron chi connectivity index (χ3n) is 4.41. The van der Waals surface area contributed by atoms with E-state index in [1.807, 2.05) is 43.3 Å². The molecule has 0 aliphatic carbocycles. The molecular weight excluding hydrogens is 450 g/mol. The normalized spacial score (nSPS) is 10.6. The van der Waals surface area contributed by atoms with Gasteiger partial charge in [0.15, 0.2) is 5.11 Å². The van der Waals surface area contributed by atoms with Crippen LogP contribution in [0.2, 0.25) is 5.02 Å². The van der Waals surface area contributed by atoms with Gasteiger partial charge in [0.05, 0.1) is 21.8 Å². The van der Waals surface area contributed by atoms with E-state index in [0.717, 1.165) is 20.8 Å². The quantitative estimate of drug-likeness (QED) is 0.345. The summed E-state index contributed by atoms with van der Waals surface area (Å²) < 4.78 is 6.49. The number of ether oxygens (including phenoxy) is 1. The first-order chi connectivity index (χ1) is 15.0. The highest BCUT2D eigenvalue weighted by Gasteiger charge is 2.12. The average molecular weight is 468 g/mol. The second-order valence-corrected chi connectivity index (χ2v) is 8.39. The SMILES string of the molecule is CCOc1ccc(C(=O)NC(=S)Nc2ccc(-c3nc4ccccc4s3)c(Cl)c2)cc1. The van der Waals surface area contributed by atoms with E-state index in [0.29, 0.717) is 28.6 Å². The number of anilines is 1. The monoisotopic (exact) mass is 467 g/mol. The summed E-state index contributed by atoms with van der Waals surface area (Å²) in [7, 11) is 0. The van der Waals surface area contributed by atoms with Gasteiger partial charge in [-0.05, 0) is 73.7 Å². The fourth-order valence-electron chi connectivity index (χ4n) is 2.96. The highest BCUT2D eigenvalue weighted by molar-refractivity contribution is 7.80. The Kier molecular flexibility index (Phi) is 6.46. The smallest absolute Gasteiger partial charge is 0.257 e. The van der Waals surface area contributed by atoms with Crippen LogP contribution >= 0.6 is 35.2 Å². The van der Waals surface area contributed by atoms with Crippen molar-refractivity contribution in [1.29, 1.82) is 0 Å². The van der Waals surface area contributed by atoms with E-state index in [4.69, 9.17) is 28.6 Å². The highest BCUT2D eigenvalue weighted by Crippen LogP contribution is 2.35. The first-order valence-electron chi connectivity index (χ1n) is 9.54. The van der Waals surface area contributed by atoms with Crippen molar-refractivity contribution in [3.8, 4) is 16.3 Å². The maximum atomic E-state index is 12.4. The Morgan fingerprint density at radius 1 is 1.13 bits per heavy atom. The van der Waals surface area contributed by atoms with Gasteiger partial charge in [0.25, 0.3) is 5.91 Å². The van der Waals surface area contributed by atoms with Crippen LogP contribution in [-0.4, -0.2) is 22.6 Å². The summed E-state index contributed by atoms with van der Waals surface area (Å²) in [6, 6.07) is 20.3. The van der Waals surface area contributed by atoms with Crippen molar-refractivity contribution in [1.82, 2.24) is 10.3 Å². The number of amides is 1. The van der Waals surface area contributed by atoms with Gasteiger partial charge < -0.3 is 10.1 Å². The molecule has 4 aromatic rings. The molecule has 0 aliphatic rings. The van der Waals surface area contributed by atoms with Gasteiger partial charge >= 0.3 is 0 Å². The average Bonchev–Trinajstić information content (AvgIpc) is 3.18. The summed E-state index contributed by atoms with van der Waals surface area (Å²) in [5, 5.41) is 7.24. The summed E-state index contributed by atoms with van der Waals surface area (Å²) in [5.74, 6) is 0.403. The van der Waals surface area contributed by atoms with Crippen LogP contribution in [0.25, 0.3) is 20.8 Å². The number of thiocarbonyl (C=S) groups is 1. The van der Waals surface area contributed by atoms with Gasteiger partial charge in [-0.1, -0.05) is 23.7 Å². The number of carbonyl (C=O) groups excluding carboxylic acids is 1. The van der Waals surface area contributed by atoms with Crippen LogP contribution in [0, 0.1) is 0 Å². The van der Waals surface area contributed by atoms with Crippen LogP contribution < -0.4 is 15.4 Å². The molecule has 4 rings (SSSR count). The fourth-order valence-corrected chi connectivity index (χ4v) is 4.50. The largest absolute Gasteiger partial charge is 0.494 e. The van der Waals surface area contributed by atoms with Crippen LogP contribution in [-0.2, 0) is 0 Å². The molecule has 31 heavy (non-hydrogen) atoms. The molecule has 1 amide bonds. The van der Waals surface area contributed by atoms with Crippen molar-refractivity contribution < 1.29 is 9.53 Å². The number of rotatable bonds is 5. The standard InChI is InChI=1S/C23H18ClN3O2S2/c1-2-29-16-10-7-14(8-11-16)21(28)27-23(30)25-15-9-12-17(18(24)13-15)22-26-19-5-3-4-6-20(19)31-22/h3-13H,2H2,1H3,(H2,25,27,28,30). The zero-order valence-electron chi connectivity index (χ0n) is 16.5. The molecule has 2 N–H and O–H groups in total. The number of fused-ring (bicyclic) bond motifs is 1. The second-order valence-electron chi connectivity index (χ2n) is 6.55. The Hall–Kier alpha value is -3.00. The van der Waals surface area contributed by atoms with E-state index in [1.54, 1.807) is 41.7 Å². The Morgan fingerprint density at radius 2 is 1.90 bits per heavy atom. The number of nitrogens with zero attached hydrogens (tertiary/aromatic N) is 1. The molecule has 0 saturated heterocycles. The predicted molar refractivity (Wildman–Crippen MR) is 131 cm³/mol. The lowest BCUT2D eigenvalue weighted by atomic mass is 10.2. The molecule has 5 nitrogen and oxygen atoms in total. The van der Waals surface area contributed by atoms with Gasteiger partial charge in [0.2, 0.25) is 0 Å². The number of benzene rings is 3. The molecule has 0 radical (unpaired) electrons. The van der Waals surface area contributed by atoms with Crippen molar-refractivity contribution >= 4 is 62.1 Å². The van der Waals surface area contributed by atoms with Gasteiger partial charge in [-0.15, -0.1) is 11.3 Å². The molecule has 3 aromatic carbocycles. The maximum Gasteiger partial charge on any atom is 0.257 e. The molecule has 1 aromatic heterocycles. The lowest BCUT2D eigenvalue weighted by Crippen LogP contribution is -2.34. The van der Waals surface area contributed by atoms with Gasteiger partial charge in [0.1, 0.15) is 10.8 Å². The lowest BCUT2D eigenvalue weighted by molar-refractivity contribution is 0.0977. The molecule has 0 saturated carbocycles. The third-order valence-corrected chi connectivity index (χ3v) is 5.99. The Bertz CT molecular complexity index is 1220. The molecule has 0 unspecified atom stereocenters. The second kappa shape index (κ2) is 9.43.